The quantitative estimate of drug-likeness (QED) is 0.519. The maximum absolute atomic E-state index is 11.2. The van der Waals surface area contributed by atoms with Crippen molar-refractivity contribution < 1.29 is 14.3 Å². The number of carbonyl (C=O) groups excluding carboxylic acids is 1. The maximum atomic E-state index is 11.2. The lowest BCUT2D eigenvalue weighted by molar-refractivity contribution is -0.117. The Morgan fingerprint density at radius 3 is 2.89 bits per heavy atom. The number of rotatable bonds is 7. The number of imidazole rings is 1. The Bertz CT molecular complexity index is 1050. The topological polar surface area (TPSA) is 92.3 Å². The van der Waals surface area contributed by atoms with Gasteiger partial charge in [-0.1, -0.05) is 11.8 Å². The number of ether oxygens (including phenoxy) is 2. The Balaban J connectivity index is 1.67. The average molecular weight is 463 g/mol. The van der Waals surface area contributed by atoms with Crippen LogP contribution in [0, 0.1) is 0 Å². The van der Waals surface area contributed by atoms with Crippen molar-refractivity contribution in [3.63, 3.8) is 0 Å². The highest BCUT2D eigenvalue weighted by Gasteiger charge is 2.20. The summed E-state index contributed by atoms with van der Waals surface area (Å²) in [5.41, 5.74) is 7.67. The summed E-state index contributed by atoms with van der Waals surface area (Å²) < 4.78 is 14.0. The molecule has 2 N–H and O–H groups in total. The fourth-order valence-electron chi connectivity index (χ4n) is 3.06. The molecule has 3 aromatic rings. The van der Waals surface area contributed by atoms with Gasteiger partial charge in [0, 0.05) is 28.5 Å². The molecule has 0 spiro atoms. The summed E-state index contributed by atoms with van der Waals surface area (Å²) in [7, 11) is 0. The van der Waals surface area contributed by atoms with E-state index in [4.69, 9.17) is 20.2 Å². The Morgan fingerprint density at radius 2 is 2.11 bits per heavy atom. The molecule has 0 unspecified atom stereocenters. The van der Waals surface area contributed by atoms with E-state index in [0.29, 0.717) is 17.8 Å². The molecule has 7 nitrogen and oxygen atoms in total. The molecule has 146 valence electrons. The van der Waals surface area contributed by atoms with Crippen molar-refractivity contribution in [3.8, 4) is 11.5 Å². The second-order valence-electron chi connectivity index (χ2n) is 6.51. The highest BCUT2D eigenvalue weighted by Crippen LogP contribution is 2.43. The summed E-state index contributed by atoms with van der Waals surface area (Å²) in [5, 5.41) is 0.817. The van der Waals surface area contributed by atoms with Crippen LogP contribution in [0.1, 0.15) is 26.2 Å². The fraction of sp³-hybridized carbons (Fsp3) is 0.316. The van der Waals surface area contributed by atoms with Crippen molar-refractivity contribution >= 4 is 50.3 Å². The summed E-state index contributed by atoms with van der Waals surface area (Å²) in [6, 6.07) is 5.76. The number of nitrogens with zero attached hydrogens (tertiary/aromatic N) is 3. The first-order valence-electron chi connectivity index (χ1n) is 8.90. The molecule has 0 aliphatic carbocycles. The molecule has 0 amide bonds. The number of fused-ring (bicyclic) bond motifs is 2. The number of hydrogen-bond acceptors (Lipinski definition) is 7. The fourth-order valence-corrected chi connectivity index (χ4v) is 4.58. The van der Waals surface area contributed by atoms with E-state index in [1.54, 1.807) is 13.1 Å². The zero-order chi connectivity index (χ0) is 19.7. The minimum absolute atomic E-state index is 0.211. The molecule has 4 rings (SSSR count). The lowest BCUT2D eigenvalue weighted by Crippen LogP contribution is -2.01. The molecule has 0 radical (unpaired) electrons. The molecule has 0 saturated carbocycles. The lowest BCUT2D eigenvalue weighted by Gasteiger charge is -2.10. The maximum Gasteiger partial charge on any atom is 0.231 e. The number of nitrogens with two attached hydrogens (primary N) is 1. The largest absolute Gasteiger partial charge is 0.454 e. The smallest absolute Gasteiger partial charge is 0.231 e. The third-order valence-corrected chi connectivity index (χ3v) is 6.42. The van der Waals surface area contributed by atoms with Gasteiger partial charge in [-0.15, -0.1) is 0 Å². The van der Waals surface area contributed by atoms with Gasteiger partial charge in [0.15, 0.2) is 22.5 Å². The van der Waals surface area contributed by atoms with Gasteiger partial charge in [-0.2, -0.15) is 0 Å². The van der Waals surface area contributed by atoms with Crippen molar-refractivity contribution in [2.24, 2.45) is 0 Å². The van der Waals surface area contributed by atoms with Gasteiger partial charge >= 0.3 is 0 Å². The summed E-state index contributed by atoms with van der Waals surface area (Å²) in [6.07, 6.45) is 4.00. The molecule has 1 aliphatic heterocycles. The predicted molar refractivity (Wildman–Crippen MR) is 111 cm³/mol. The van der Waals surface area contributed by atoms with Crippen LogP contribution in [0.5, 0.6) is 11.5 Å². The van der Waals surface area contributed by atoms with E-state index in [1.165, 1.54) is 11.8 Å². The number of aryl methyl sites for hydroxylation is 1. The van der Waals surface area contributed by atoms with Gasteiger partial charge < -0.3 is 24.6 Å². The second-order valence-corrected chi connectivity index (χ2v) is 8.37. The normalized spacial score (nSPS) is 12.6. The van der Waals surface area contributed by atoms with Crippen LogP contribution in [-0.4, -0.2) is 27.1 Å². The molecule has 2 aromatic heterocycles. The average Bonchev–Trinajstić information content (AvgIpc) is 3.24. The molecule has 9 heteroatoms. The highest BCUT2D eigenvalue weighted by atomic mass is 79.9. The molecule has 28 heavy (non-hydrogen) atoms. The minimum atomic E-state index is 0.211. The van der Waals surface area contributed by atoms with Gasteiger partial charge in [-0.05, 0) is 53.9 Å². The third-order valence-electron chi connectivity index (χ3n) is 4.45. The lowest BCUT2D eigenvalue weighted by atomic mass is 10.2. The van der Waals surface area contributed by atoms with Gasteiger partial charge in [0.25, 0.3) is 0 Å². The van der Waals surface area contributed by atoms with Crippen molar-refractivity contribution in [1.29, 1.82) is 0 Å². The summed E-state index contributed by atoms with van der Waals surface area (Å²) in [6.45, 7) is 2.60. The standard InChI is InChI=1S/C19H19BrN4O3S/c1-11(25)4-2-3-7-24-13-5-6-22-18(21)17(13)23-19(24)28-16-9-15-14(8-12(16)20)26-10-27-15/h5-6,8-9H,2-4,7,10H2,1H3,(H2,21,22). The first-order valence-corrected chi connectivity index (χ1v) is 10.5. The minimum Gasteiger partial charge on any atom is -0.454 e. The predicted octanol–water partition coefficient (Wildman–Crippen LogP) is 4.42. The van der Waals surface area contributed by atoms with Crippen LogP contribution in [0.2, 0.25) is 0 Å². The SMILES string of the molecule is CC(=O)CCCCn1c(Sc2cc3c(cc2Br)OCO3)nc2c(N)nccc21. The number of Topliss-reactive ketones (excluding diaryl/α,β-unsaturated/α-hetero) is 1. The molecule has 1 aromatic carbocycles. The van der Waals surface area contributed by atoms with Gasteiger partial charge in [0.1, 0.15) is 11.3 Å². The van der Waals surface area contributed by atoms with Gasteiger partial charge in [-0.25, -0.2) is 9.97 Å². The molecule has 1 aliphatic rings. The number of hydrogen-bond donors (Lipinski definition) is 1. The first-order chi connectivity index (χ1) is 13.5. The summed E-state index contributed by atoms with van der Waals surface area (Å²) in [4.78, 5) is 21.1. The van der Waals surface area contributed by atoms with Crippen LogP contribution in [0.3, 0.4) is 0 Å². The molecule has 0 bridgehead atoms. The van der Waals surface area contributed by atoms with Crippen LogP contribution in [-0.2, 0) is 11.3 Å². The molecular formula is C19H19BrN4O3S. The third kappa shape index (κ3) is 3.81. The number of ketones is 1. The Morgan fingerprint density at radius 1 is 1.32 bits per heavy atom. The summed E-state index contributed by atoms with van der Waals surface area (Å²) >= 11 is 5.13. The number of carbonyl (C=O) groups is 1. The number of anilines is 1. The van der Waals surface area contributed by atoms with E-state index in [9.17, 15) is 4.79 Å². The van der Waals surface area contributed by atoms with Crippen LogP contribution < -0.4 is 15.2 Å². The second kappa shape index (κ2) is 8.00. The van der Waals surface area contributed by atoms with E-state index in [-0.39, 0.29) is 12.6 Å². The van der Waals surface area contributed by atoms with Crippen molar-refractivity contribution in [3.05, 3.63) is 28.9 Å². The zero-order valence-electron chi connectivity index (χ0n) is 15.3. The van der Waals surface area contributed by atoms with Crippen LogP contribution in [0.15, 0.2) is 38.9 Å². The van der Waals surface area contributed by atoms with Gasteiger partial charge in [0.05, 0.1) is 5.52 Å². The van der Waals surface area contributed by atoms with Gasteiger partial charge in [-0.3, -0.25) is 0 Å². The van der Waals surface area contributed by atoms with E-state index >= 15 is 0 Å². The molecule has 0 saturated heterocycles. The van der Waals surface area contributed by atoms with Gasteiger partial charge in [0.2, 0.25) is 6.79 Å². The molecule has 3 heterocycles. The Hall–Kier alpha value is -2.26. The highest BCUT2D eigenvalue weighted by molar-refractivity contribution is 9.10. The molecule has 0 atom stereocenters. The molecular weight excluding hydrogens is 444 g/mol. The summed E-state index contributed by atoms with van der Waals surface area (Å²) in [5.74, 6) is 2.06. The Kier molecular flexibility index (Phi) is 5.45. The van der Waals surface area contributed by atoms with Crippen LogP contribution in [0.4, 0.5) is 5.82 Å². The van der Waals surface area contributed by atoms with Crippen molar-refractivity contribution in [2.45, 2.75) is 42.8 Å². The number of nitrogen functional groups attached to an aromatic ring is 1. The number of unbranched alkanes of at least 4 members (excludes halogenated alkanes) is 1. The number of aromatic nitrogens is 3. The van der Waals surface area contributed by atoms with Crippen molar-refractivity contribution in [2.75, 3.05) is 12.5 Å². The van der Waals surface area contributed by atoms with E-state index < -0.39 is 0 Å². The van der Waals surface area contributed by atoms with Crippen LogP contribution >= 0.6 is 27.7 Å². The number of benzene rings is 1. The monoisotopic (exact) mass is 462 g/mol. The number of pyridine rings is 1. The zero-order valence-corrected chi connectivity index (χ0v) is 17.7. The van der Waals surface area contributed by atoms with E-state index in [1.807, 2.05) is 18.2 Å². The van der Waals surface area contributed by atoms with Crippen molar-refractivity contribution in [1.82, 2.24) is 14.5 Å². The van der Waals surface area contributed by atoms with E-state index in [0.717, 1.165) is 50.9 Å². The van der Waals surface area contributed by atoms with E-state index in [2.05, 4.69) is 25.5 Å². The number of halogens is 1. The molecule has 0 fully saturated rings. The van der Waals surface area contributed by atoms with Crippen LogP contribution in [0.25, 0.3) is 11.0 Å². The first kappa shape index (κ1) is 19.1. The Labute approximate surface area is 174 Å².